The van der Waals surface area contributed by atoms with Gasteiger partial charge in [-0.25, -0.2) is 9.98 Å². The molecule has 2 aliphatic heterocycles. The fraction of sp³-hybridized carbons (Fsp3) is 0.167. The number of ether oxygens (including phenoxy) is 1. The molecule has 40 heavy (non-hydrogen) atoms. The van der Waals surface area contributed by atoms with Crippen LogP contribution in [0.1, 0.15) is 11.1 Å². The second-order valence-corrected chi connectivity index (χ2v) is 9.48. The number of fused-ring (bicyclic) bond motifs is 2. The SMILES string of the molecule is O=C1Nc2ccccc2C(c2ccccc2)=N[C@@H]1Nc1nnc(-c2ncc3ccccc3c2N2CCOCC2)o1. The lowest BCUT2D eigenvalue weighted by Gasteiger charge is -2.30. The van der Waals surface area contributed by atoms with Crippen LogP contribution in [0.3, 0.4) is 0 Å². The summed E-state index contributed by atoms with van der Waals surface area (Å²) in [4.78, 5) is 25.0. The predicted octanol–water partition coefficient (Wildman–Crippen LogP) is 4.35. The molecule has 2 N–H and O–H groups in total. The maximum Gasteiger partial charge on any atom is 0.317 e. The number of nitrogens with zero attached hydrogens (tertiary/aromatic N) is 5. The highest BCUT2D eigenvalue weighted by molar-refractivity contribution is 6.19. The Balaban J connectivity index is 1.25. The number of benzodiazepines with no additional fused rings is 1. The molecule has 0 spiro atoms. The number of aliphatic imine (C=N–C) groups is 1. The summed E-state index contributed by atoms with van der Waals surface area (Å²) in [6, 6.07) is 25.5. The zero-order chi connectivity index (χ0) is 26.9. The molecule has 1 fully saturated rings. The van der Waals surface area contributed by atoms with Crippen molar-refractivity contribution in [2.45, 2.75) is 6.17 Å². The second kappa shape index (κ2) is 10.2. The van der Waals surface area contributed by atoms with E-state index in [2.05, 4.69) is 31.8 Å². The average molecular weight is 532 g/mol. The summed E-state index contributed by atoms with van der Waals surface area (Å²) in [6.07, 6.45) is 0.803. The molecule has 0 radical (unpaired) electrons. The van der Waals surface area contributed by atoms with Crippen molar-refractivity contribution in [2.75, 3.05) is 41.8 Å². The van der Waals surface area contributed by atoms with Crippen LogP contribution in [-0.2, 0) is 9.53 Å². The predicted molar refractivity (Wildman–Crippen MR) is 153 cm³/mol. The van der Waals surface area contributed by atoms with Crippen LogP contribution in [0.25, 0.3) is 22.4 Å². The van der Waals surface area contributed by atoms with Crippen molar-refractivity contribution in [3.63, 3.8) is 0 Å². The number of hydrogen-bond donors (Lipinski definition) is 2. The van der Waals surface area contributed by atoms with Crippen LogP contribution in [0.5, 0.6) is 0 Å². The third-order valence-corrected chi connectivity index (χ3v) is 6.98. The van der Waals surface area contributed by atoms with Gasteiger partial charge in [-0.15, -0.1) is 5.10 Å². The topological polar surface area (TPSA) is 118 Å². The zero-order valence-corrected chi connectivity index (χ0v) is 21.4. The highest BCUT2D eigenvalue weighted by Gasteiger charge is 2.28. The summed E-state index contributed by atoms with van der Waals surface area (Å²) in [6.45, 7) is 2.70. The Morgan fingerprint density at radius 3 is 2.55 bits per heavy atom. The number of para-hydroxylation sites is 1. The van der Waals surface area contributed by atoms with Gasteiger partial charge in [0.2, 0.25) is 6.17 Å². The quantitative estimate of drug-likeness (QED) is 0.344. The molecule has 3 aromatic carbocycles. The number of anilines is 3. The Bertz CT molecular complexity index is 1730. The Kier molecular flexibility index (Phi) is 6.14. The largest absolute Gasteiger partial charge is 0.402 e. The van der Waals surface area contributed by atoms with Gasteiger partial charge in [0.15, 0.2) is 5.69 Å². The van der Waals surface area contributed by atoms with Crippen molar-refractivity contribution in [3.05, 3.63) is 96.2 Å². The molecule has 2 aromatic heterocycles. The molecule has 2 aliphatic rings. The number of rotatable bonds is 5. The summed E-state index contributed by atoms with van der Waals surface area (Å²) in [5.74, 6) is -0.0877. The first-order valence-electron chi connectivity index (χ1n) is 13.1. The number of carbonyl (C=O) groups is 1. The van der Waals surface area contributed by atoms with E-state index in [9.17, 15) is 4.79 Å². The number of hydrogen-bond acceptors (Lipinski definition) is 9. The molecular weight excluding hydrogens is 506 g/mol. The van der Waals surface area contributed by atoms with Crippen molar-refractivity contribution in [1.29, 1.82) is 0 Å². The Labute approximate surface area is 229 Å². The molecule has 10 heteroatoms. The number of aromatic nitrogens is 3. The van der Waals surface area contributed by atoms with Crippen LogP contribution < -0.4 is 15.5 Å². The number of nitrogens with one attached hydrogen (secondary N) is 2. The molecule has 198 valence electrons. The van der Waals surface area contributed by atoms with Crippen LogP contribution in [-0.4, -0.2) is 59.3 Å². The maximum absolute atomic E-state index is 13.2. The lowest BCUT2D eigenvalue weighted by molar-refractivity contribution is -0.116. The summed E-state index contributed by atoms with van der Waals surface area (Å²) in [7, 11) is 0. The molecule has 10 nitrogen and oxygen atoms in total. The molecule has 1 amide bonds. The lowest BCUT2D eigenvalue weighted by Crippen LogP contribution is -2.36. The molecule has 0 unspecified atom stereocenters. The van der Waals surface area contributed by atoms with Gasteiger partial charge < -0.3 is 24.7 Å². The van der Waals surface area contributed by atoms with Gasteiger partial charge in [0, 0.05) is 41.2 Å². The summed E-state index contributed by atoms with van der Waals surface area (Å²) < 4.78 is 11.6. The second-order valence-electron chi connectivity index (χ2n) is 9.48. The number of pyridine rings is 1. The first kappa shape index (κ1) is 24.0. The zero-order valence-electron chi connectivity index (χ0n) is 21.4. The third kappa shape index (κ3) is 4.44. The fourth-order valence-corrected chi connectivity index (χ4v) is 5.09. The van der Waals surface area contributed by atoms with E-state index in [0.717, 1.165) is 40.7 Å². The Hall–Kier alpha value is -5.09. The van der Waals surface area contributed by atoms with Crippen molar-refractivity contribution >= 4 is 39.8 Å². The minimum Gasteiger partial charge on any atom is -0.402 e. The van der Waals surface area contributed by atoms with E-state index in [-0.39, 0.29) is 17.8 Å². The van der Waals surface area contributed by atoms with E-state index >= 15 is 0 Å². The lowest BCUT2D eigenvalue weighted by atomic mass is 10.0. The van der Waals surface area contributed by atoms with Crippen molar-refractivity contribution in [2.24, 2.45) is 4.99 Å². The Morgan fingerprint density at radius 1 is 0.900 bits per heavy atom. The molecule has 4 heterocycles. The smallest absolute Gasteiger partial charge is 0.317 e. The molecular formula is C30H25N7O3. The van der Waals surface area contributed by atoms with E-state index in [1.165, 1.54) is 0 Å². The summed E-state index contributed by atoms with van der Waals surface area (Å²) in [5.41, 5.74) is 4.57. The molecule has 1 saturated heterocycles. The van der Waals surface area contributed by atoms with Gasteiger partial charge in [-0.2, -0.15) is 0 Å². The molecule has 5 aromatic rings. The number of carbonyl (C=O) groups excluding carboxylic acids is 1. The standard InChI is InChI=1S/C30H25N7O3/c38-28-27(33-24(19-8-2-1-3-9-19)22-12-6-7-13-23(22)32-28)34-30-36-35-29(40-30)25-26(37-14-16-39-17-15-37)21-11-5-4-10-20(21)18-31-25/h1-13,18,27H,14-17H2,(H,32,38)(H,34,36)/t27-/m1/s1. The van der Waals surface area contributed by atoms with Crippen molar-refractivity contribution < 1.29 is 13.9 Å². The fourth-order valence-electron chi connectivity index (χ4n) is 5.09. The molecule has 7 rings (SSSR count). The van der Waals surface area contributed by atoms with Gasteiger partial charge in [0.25, 0.3) is 11.8 Å². The average Bonchev–Trinajstić information content (AvgIpc) is 3.43. The first-order chi connectivity index (χ1) is 19.7. The normalized spacial score (nSPS) is 17.1. The molecule has 0 bridgehead atoms. The van der Waals surface area contributed by atoms with Crippen molar-refractivity contribution in [1.82, 2.24) is 15.2 Å². The minimum absolute atomic E-state index is 0.0696. The van der Waals surface area contributed by atoms with E-state index in [1.54, 1.807) is 6.20 Å². The van der Waals surface area contributed by atoms with Gasteiger partial charge in [0.1, 0.15) is 0 Å². The van der Waals surface area contributed by atoms with Crippen LogP contribution in [0.15, 0.2) is 94.5 Å². The van der Waals surface area contributed by atoms with E-state index in [4.69, 9.17) is 19.1 Å². The van der Waals surface area contributed by atoms with Gasteiger partial charge in [0.05, 0.1) is 30.3 Å². The monoisotopic (exact) mass is 531 g/mol. The van der Waals surface area contributed by atoms with Gasteiger partial charge in [-0.1, -0.05) is 77.9 Å². The molecule has 1 atom stereocenters. The highest BCUT2D eigenvalue weighted by atomic mass is 16.5. The van der Waals surface area contributed by atoms with Crippen molar-refractivity contribution in [3.8, 4) is 11.6 Å². The van der Waals surface area contributed by atoms with E-state index in [0.29, 0.717) is 30.3 Å². The van der Waals surface area contributed by atoms with Crippen LogP contribution in [0, 0.1) is 0 Å². The minimum atomic E-state index is -1.00. The molecule has 0 aliphatic carbocycles. The first-order valence-corrected chi connectivity index (χ1v) is 13.1. The highest BCUT2D eigenvalue weighted by Crippen LogP contribution is 2.36. The number of amides is 1. The van der Waals surface area contributed by atoms with Crippen LogP contribution >= 0.6 is 0 Å². The Morgan fingerprint density at radius 2 is 1.68 bits per heavy atom. The number of benzene rings is 3. The summed E-state index contributed by atoms with van der Waals surface area (Å²) in [5, 5.41) is 16.6. The van der Waals surface area contributed by atoms with E-state index in [1.807, 2.05) is 72.8 Å². The maximum atomic E-state index is 13.2. The van der Waals surface area contributed by atoms with Gasteiger partial charge in [-0.05, 0) is 6.07 Å². The van der Waals surface area contributed by atoms with E-state index < -0.39 is 6.17 Å². The molecule has 0 saturated carbocycles. The van der Waals surface area contributed by atoms with Crippen LogP contribution in [0.4, 0.5) is 17.4 Å². The summed E-state index contributed by atoms with van der Waals surface area (Å²) >= 11 is 0. The third-order valence-electron chi connectivity index (χ3n) is 6.98. The van der Waals surface area contributed by atoms with Gasteiger partial charge >= 0.3 is 6.01 Å². The van der Waals surface area contributed by atoms with Crippen LogP contribution in [0.2, 0.25) is 0 Å². The van der Waals surface area contributed by atoms with Gasteiger partial charge in [-0.3, -0.25) is 4.79 Å². The number of morpholine rings is 1.